The molecule has 0 amide bonds. The molecule has 1 saturated carbocycles. The number of epoxide rings is 1. The Morgan fingerprint density at radius 1 is 1.38 bits per heavy atom. The average Bonchev–Trinajstić information content (AvgIpc) is 2.84. The van der Waals surface area contributed by atoms with E-state index in [-0.39, 0.29) is 36.2 Å². The second-order valence-corrected chi connectivity index (χ2v) is 4.37. The van der Waals surface area contributed by atoms with Crippen molar-refractivity contribution >= 4 is 11.9 Å². The van der Waals surface area contributed by atoms with E-state index in [1.165, 1.54) is 0 Å². The van der Waals surface area contributed by atoms with Crippen LogP contribution in [0.5, 0.6) is 0 Å². The molecule has 0 spiro atoms. The highest BCUT2D eigenvalue weighted by molar-refractivity contribution is 6.02. The van der Waals surface area contributed by atoms with Gasteiger partial charge in [-0.1, -0.05) is 0 Å². The van der Waals surface area contributed by atoms with Gasteiger partial charge in [0.2, 0.25) is 0 Å². The van der Waals surface area contributed by atoms with E-state index in [4.69, 9.17) is 14.6 Å². The van der Waals surface area contributed by atoms with Crippen molar-refractivity contribution in [1.29, 1.82) is 0 Å². The highest BCUT2D eigenvalue weighted by Crippen LogP contribution is 2.59. The maximum atomic E-state index is 11.7. The number of carboxylic acids is 1. The summed E-state index contributed by atoms with van der Waals surface area (Å²) < 4.78 is 10.3. The summed E-state index contributed by atoms with van der Waals surface area (Å²) in [5.74, 6) is -1.65. The molecule has 0 radical (unpaired) electrons. The first-order valence-corrected chi connectivity index (χ1v) is 5.45. The molecule has 3 aliphatic rings. The zero-order valence-corrected chi connectivity index (χ0v) is 8.80. The van der Waals surface area contributed by atoms with Gasteiger partial charge >= 0.3 is 11.9 Å². The zero-order valence-electron chi connectivity index (χ0n) is 8.80. The van der Waals surface area contributed by atoms with E-state index in [9.17, 15) is 9.59 Å². The normalized spacial score (nSPS) is 38.6. The van der Waals surface area contributed by atoms with E-state index in [0.29, 0.717) is 5.57 Å². The molecule has 3 rings (SSSR count). The Morgan fingerprint density at radius 3 is 2.56 bits per heavy atom. The average molecular weight is 224 g/mol. The topological polar surface area (TPSA) is 76.1 Å². The Bertz CT molecular complexity index is 411. The Balaban J connectivity index is 1.98. The first-order valence-electron chi connectivity index (χ1n) is 5.45. The molecule has 1 N–H and O–H groups in total. The largest absolute Gasteiger partial charge is 0.478 e. The summed E-state index contributed by atoms with van der Waals surface area (Å²) >= 11 is 0. The Kier molecular flexibility index (Phi) is 1.89. The van der Waals surface area contributed by atoms with Gasteiger partial charge in [0, 0.05) is 11.8 Å². The summed E-state index contributed by atoms with van der Waals surface area (Å²) in [5, 5.41) is 9.14. The summed E-state index contributed by atoms with van der Waals surface area (Å²) in [6.45, 7) is 1.98. The Labute approximate surface area is 92.0 Å². The fraction of sp³-hybridized carbons (Fsp3) is 0.636. The predicted octanol–water partition coefficient (Wildman–Crippen LogP) is 0.348. The van der Waals surface area contributed by atoms with E-state index >= 15 is 0 Å². The number of carbonyl (C=O) groups excluding carboxylic acids is 1. The van der Waals surface area contributed by atoms with Crippen LogP contribution < -0.4 is 0 Å². The van der Waals surface area contributed by atoms with Crippen LogP contribution in [0.3, 0.4) is 0 Å². The molecule has 16 heavy (non-hydrogen) atoms. The molecular weight excluding hydrogens is 212 g/mol. The first kappa shape index (κ1) is 9.84. The molecule has 1 saturated heterocycles. The lowest BCUT2D eigenvalue weighted by atomic mass is 9.92. The van der Waals surface area contributed by atoms with Crippen molar-refractivity contribution in [3.05, 3.63) is 11.1 Å². The van der Waals surface area contributed by atoms with Crippen LogP contribution in [0, 0.1) is 11.8 Å². The lowest BCUT2D eigenvalue weighted by Crippen LogP contribution is -2.23. The molecule has 0 unspecified atom stereocenters. The molecule has 86 valence electrons. The molecule has 2 fully saturated rings. The highest BCUT2D eigenvalue weighted by atomic mass is 16.6. The fourth-order valence-corrected chi connectivity index (χ4v) is 3.03. The second-order valence-electron chi connectivity index (χ2n) is 4.37. The van der Waals surface area contributed by atoms with Crippen LogP contribution >= 0.6 is 0 Å². The van der Waals surface area contributed by atoms with Crippen LogP contribution in [0.2, 0.25) is 0 Å². The van der Waals surface area contributed by atoms with Crippen molar-refractivity contribution in [2.75, 3.05) is 6.61 Å². The van der Waals surface area contributed by atoms with Gasteiger partial charge in [-0.15, -0.1) is 0 Å². The summed E-state index contributed by atoms with van der Waals surface area (Å²) in [4.78, 5) is 22.9. The van der Waals surface area contributed by atoms with Crippen molar-refractivity contribution in [2.24, 2.45) is 11.8 Å². The third-order valence-electron chi connectivity index (χ3n) is 3.62. The molecule has 0 aromatic rings. The number of carbonyl (C=O) groups is 2. The van der Waals surface area contributed by atoms with Crippen LogP contribution in [0.1, 0.15) is 13.3 Å². The monoisotopic (exact) mass is 224 g/mol. The molecular formula is C11H12O5. The van der Waals surface area contributed by atoms with Crippen LogP contribution in [0.15, 0.2) is 11.1 Å². The number of ether oxygens (including phenoxy) is 2. The summed E-state index contributed by atoms with van der Waals surface area (Å²) in [7, 11) is 0. The zero-order chi connectivity index (χ0) is 11.4. The molecule has 5 nitrogen and oxygen atoms in total. The first-order chi connectivity index (χ1) is 7.65. The quantitative estimate of drug-likeness (QED) is 0.553. The fourth-order valence-electron chi connectivity index (χ4n) is 3.03. The molecule has 2 aliphatic carbocycles. The van der Waals surface area contributed by atoms with E-state index < -0.39 is 11.9 Å². The summed E-state index contributed by atoms with van der Waals surface area (Å²) in [6, 6.07) is 0. The molecule has 0 aromatic carbocycles. The number of rotatable bonds is 3. The maximum absolute atomic E-state index is 11.7. The Hall–Kier alpha value is -1.36. The van der Waals surface area contributed by atoms with E-state index in [0.717, 1.165) is 6.42 Å². The van der Waals surface area contributed by atoms with Crippen molar-refractivity contribution in [1.82, 2.24) is 0 Å². The number of hydrogen-bond acceptors (Lipinski definition) is 4. The minimum Gasteiger partial charge on any atom is -0.478 e. The number of carboxylic acid groups (broad SMARTS) is 1. The second kappa shape index (κ2) is 3.07. The number of aliphatic carboxylic acids is 1. The summed E-state index contributed by atoms with van der Waals surface area (Å²) in [6.07, 6.45) is 0.826. The molecule has 5 heteroatoms. The third-order valence-corrected chi connectivity index (χ3v) is 3.62. The van der Waals surface area contributed by atoms with Gasteiger partial charge in [0.25, 0.3) is 0 Å². The number of fused-ring (bicyclic) bond motifs is 5. The number of hydrogen-bond donors (Lipinski definition) is 1. The molecule has 1 heterocycles. The maximum Gasteiger partial charge on any atom is 0.334 e. The number of esters is 1. The molecule has 2 bridgehead atoms. The van der Waals surface area contributed by atoms with Crippen molar-refractivity contribution in [3.63, 3.8) is 0 Å². The van der Waals surface area contributed by atoms with Crippen LogP contribution in [-0.2, 0) is 19.1 Å². The molecule has 4 atom stereocenters. The predicted molar refractivity (Wildman–Crippen MR) is 51.6 cm³/mol. The lowest BCUT2D eigenvalue weighted by Gasteiger charge is -2.12. The van der Waals surface area contributed by atoms with Gasteiger partial charge in [-0.05, 0) is 13.3 Å². The highest BCUT2D eigenvalue weighted by Gasteiger charge is 2.65. The third kappa shape index (κ3) is 1.09. The van der Waals surface area contributed by atoms with Gasteiger partial charge in [-0.3, -0.25) is 0 Å². The van der Waals surface area contributed by atoms with E-state index in [1.54, 1.807) is 6.92 Å². The van der Waals surface area contributed by atoms with Gasteiger partial charge in [0.05, 0.1) is 30.0 Å². The van der Waals surface area contributed by atoms with Crippen LogP contribution in [0.25, 0.3) is 0 Å². The Morgan fingerprint density at radius 2 is 2.00 bits per heavy atom. The van der Waals surface area contributed by atoms with Crippen molar-refractivity contribution in [3.8, 4) is 0 Å². The van der Waals surface area contributed by atoms with Crippen molar-refractivity contribution in [2.45, 2.75) is 25.6 Å². The molecule has 1 aliphatic heterocycles. The standard InChI is InChI=1S/C11H12O5/c1-2-15-11(14)7-5-3-4(6(7)10(12)13)8-9(5)16-8/h4-5,8-9H,2-3H2,1H3,(H,12,13)/t4-,5+,8-,9+/m0/s1. The van der Waals surface area contributed by atoms with Crippen LogP contribution in [-0.4, -0.2) is 35.9 Å². The minimum atomic E-state index is -1.01. The van der Waals surface area contributed by atoms with E-state index in [2.05, 4.69) is 0 Å². The SMILES string of the molecule is CCOC(=O)C1=C(C(=O)O)[C@@H]2C[C@H]1[C@H]1O[C@H]12. The van der Waals surface area contributed by atoms with Gasteiger partial charge in [0.15, 0.2) is 0 Å². The van der Waals surface area contributed by atoms with Gasteiger partial charge in [-0.25, -0.2) is 9.59 Å². The van der Waals surface area contributed by atoms with Gasteiger partial charge in [0.1, 0.15) is 0 Å². The van der Waals surface area contributed by atoms with Crippen molar-refractivity contribution < 1.29 is 24.2 Å². The van der Waals surface area contributed by atoms with Crippen LogP contribution in [0.4, 0.5) is 0 Å². The summed E-state index contributed by atoms with van der Waals surface area (Å²) in [5.41, 5.74) is 0.570. The molecule has 0 aromatic heterocycles. The van der Waals surface area contributed by atoms with Gasteiger partial charge < -0.3 is 14.6 Å². The lowest BCUT2D eigenvalue weighted by molar-refractivity contribution is -0.140. The smallest absolute Gasteiger partial charge is 0.334 e. The minimum absolute atomic E-state index is 0.0364. The van der Waals surface area contributed by atoms with Gasteiger partial charge in [-0.2, -0.15) is 0 Å². The van der Waals surface area contributed by atoms with E-state index in [1.807, 2.05) is 0 Å².